The van der Waals surface area contributed by atoms with Gasteiger partial charge in [0, 0.05) is 13.1 Å². The predicted molar refractivity (Wildman–Crippen MR) is 60.1 cm³/mol. The third kappa shape index (κ3) is 2.09. The second-order valence-electron chi connectivity index (χ2n) is 5.14. The number of hydrogen-bond donors (Lipinski definition) is 0. The van der Waals surface area contributed by atoms with Gasteiger partial charge < -0.3 is 14.4 Å². The molecule has 2 fully saturated rings. The van der Waals surface area contributed by atoms with Crippen LogP contribution in [-0.2, 0) is 14.3 Å². The van der Waals surface area contributed by atoms with Crippen LogP contribution >= 0.6 is 0 Å². The highest BCUT2D eigenvalue weighted by Crippen LogP contribution is 2.42. The summed E-state index contributed by atoms with van der Waals surface area (Å²) in [5.74, 6) is -0.197. The van der Waals surface area contributed by atoms with Crippen molar-refractivity contribution in [1.82, 2.24) is 4.90 Å². The molecule has 2 aliphatic rings. The van der Waals surface area contributed by atoms with Crippen LogP contribution in [-0.4, -0.2) is 49.8 Å². The number of nitrogens with zero attached hydrogens (tertiary/aromatic N) is 1. The highest BCUT2D eigenvalue weighted by Gasteiger charge is 2.48. The van der Waals surface area contributed by atoms with E-state index >= 15 is 0 Å². The van der Waals surface area contributed by atoms with E-state index in [4.69, 9.17) is 9.47 Å². The van der Waals surface area contributed by atoms with Crippen LogP contribution in [0, 0.1) is 5.92 Å². The fraction of sp³-hybridized carbons (Fsp3) is 0.917. The van der Waals surface area contributed by atoms with Crippen LogP contribution in [0.3, 0.4) is 0 Å². The molecular weight excluding hydrogens is 206 g/mol. The van der Waals surface area contributed by atoms with E-state index in [2.05, 4.69) is 11.9 Å². The Labute approximate surface area is 96.9 Å². The lowest BCUT2D eigenvalue weighted by atomic mass is 9.85. The first kappa shape index (κ1) is 11.9. The lowest BCUT2D eigenvalue weighted by Crippen LogP contribution is -2.42. The third-order valence-electron chi connectivity index (χ3n) is 4.00. The minimum Gasteiger partial charge on any atom is -0.469 e. The van der Waals surface area contributed by atoms with Gasteiger partial charge in [-0.15, -0.1) is 0 Å². The zero-order valence-electron chi connectivity index (χ0n) is 10.4. The van der Waals surface area contributed by atoms with E-state index in [1.54, 1.807) is 0 Å². The zero-order valence-corrected chi connectivity index (χ0v) is 10.4. The summed E-state index contributed by atoms with van der Waals surface area (Å²) in [4.78, 5) is 13.9. The Balaban J connectivity index is 2.02. The Bertz CT molecular complexity index is 271. The first-order chi connectivity index (χ1) is 7.56. The Morgan fingerprint density at radius 2 is 2.06 bits per heavy atom. The van der Waals surface area contributed by atoms with Gasteiger partial charge in [-0.25, -0.2) is 0 Å². The summed E-state index contributed by atoms with van der Waals surface area (Å²) < 4.78 is 10.9. The molecule has 4 nitrogen and oxygen atoms in total. The number of rotatable bonds is 1. The van der Waals surface area contributed by atoms with Gasteiger partial charge in [-0.2, -0.15) is 0 Å². The lowest BCUT2D eigenvalue weighted by Gasteiger charge is -2.37. The largest absolute Gasteiger partial charge is 0.469 e. The standard InChI is InChI=1S/C12H21NO3/c1-9-10(11(14)15-3)8-12(16-9)4-6-13(2)7-5-12/h9-10H,4-8H2,1-3H3. The molecule has 0 aromatic carbocycles. The van der Waals surface area contributed by atoms with E-state index in [1.165, 1.54) is 7.11 Å². The van der Waals surface area contributed by atoms with E-state index < -0.39 is 0 Å². The molecule has 2 heterocycles. The van der Waals surface area contributed by atoms with Crippen molar-refractivity contribution in [1.29, 1.82) is 0 Å². The van der Waals surface area contributed by atoms with Gasteiger partial charge in [0.15, 0.2) is 0 Å². The Morgan fingerprint density at radius 1 is 1.44 bits per heavy atom. The van der Waals surface area contributed by atoms with Crippen molar-refractivity contribution < 1.29 is 14.3 Å². The van der Waals surface area contributed by atoms with Crippen molar-refractivity contribution in [3.63, 3.8) is 0 Å². The molecule has 4 heteroatoms. The summed E-state index contributed by atoms with van der Waals surface area (Å²) in [6.45, 7) is 4.09. The second kappa shape index (κ2) is 4.34. The van der Waals surface area contributed by atoms with Gasteiger partial charge in [-0.05, 0) is 33.2 Å². The summed E-state index contributed by atoms with van der Waals surface area (Å²) >= 11 is 0. The van der Waals surface area contributed by atoms with Crippen molar-refractivity contribution >= 4 is 5.97 Å². The fourth-order valence-corrected chi connectivity index (χ4v) is 2.87. The fourth-order valence-electron chi connectivity index (χ4n) is 2.87. The van der Waals surface area contributed by atoms with E-state index in [0.717, 1.165) is 32.4 Å². The van der Waals surface area contributed by atoms with Crippen molar-refractivity contribution in [2.75, 3.05) is 27.2 Å². The van der Waals surface area contributed by atoms with Crippen molar-refractivity contribution in [3.8, 4) is 0 Å². The molecule has 1 spiro atoms. The van der Waals surface area contributed by atoms with E-state index in [-0.39, 0.29) is 23.6 Å². The molecule has 2 rings (SSSR count). The topological polar surface area (TPSA) is 38.8 Å². The smallest absolute Gasteiger partial charge is 0.311 e. The molecule has 0 radical (unpaired) electrons. The molecule has 0 N–H and O–H groups in total. The molecule has 2 atom stereocenters. The van der Waals surface area contributed by atoms with Gasteiger partial charge >= 0.3 is 5.97 Å². The average Bonchev–Trinajstić information content (AvgIpc) is 2.60. The molecular formula is C12H21NO3. The number of piperidine rings is 1. The molecule has 0 bridgehead atoms. The highest BCUT2D eigenvalue weighted by atomic mass is 16.5. The molecule has 2 aliphatic heterocycles. The third-order valence-corrected chi connectivity index (χ3v) is 4.00. The number of carbonyl (C=O) groups is 1. The zero-order chi connectivity index (χ0) is 11.8. The normalized spacial score (nSPS) is 34.2. The first-order valence-corrected chi connectivity index (χ1v) is 6.00. The number of carbonyl (C=O) groups excluding carboxylic acids is 1. The minimum absolute atomic E-state index is 0.00384. The maximum atomic E-state index is 11.6. The predicted octanol–water partition coefficient (Wildman–Crippen LogP) is 1.05. The van der Waals surface area contributed by atoms with Gasteiger partial charge in [0.25, 0.3) is 0 Å². The monoisotopic (exact) mass is 227 g/mol. The first-order valence-electron chi connectivity index (χ1n) is 6.00. The lowest BCUT2D eigenvalue weighted by molar-refractivity contribution is -0.147. The van der Waals surface area contributed by atoms with Crippen LogP contribution < -0.4 is 0 Å². The quantitative estimate of drug-likeness (QED) is 0.628. The van der Waals surface area contributed by atoms with Crippen molar-refractivity contribution in [3.05, 3.63) is 0 Å². The number of likely N-dealkylation sites (tertiary alicyclic amines) is 1. The summed E-state index contributed by atoms with van der Waals surface area (Å²) in [6.07, 6.45) is 2.88. The summed E-state index contributed by atoms with van der Waals surface area (Å²) in [7, 11) is 3.58. The molecule has 0 saturated carbocycles. The molecule has 16 heavy (non-hydrogen) atoms. The van der Waals surface area contributed by atoms with Crippen LogP contribution in [0.1, 0.15) is 26.2 Å². The van der Waals surface area contributed by atoms with Crippen LogP contribution in [0.2, 0.25) is 0 Å². The summed E-state index contributed by atoms with van der Waals surface area (Å²) in [5, 5.41) is 0. The van der Waals surface area contributed by atoms with E-state index in [1.807, 2.05) is 6.92 Å². The van der Waals surface area contributed by atoms with Crippen molar-refractivity contribution in [2.45, 2.75) is 37.9 Å². The number of hydrogen-bond acceptors (Lipinski definition) is 4. The van der Waals surface area contributed by atoms with Crippen LogP contribution in [0.25, 0.3) is 0 Å². The number of methoxy groups -OCH3 is 1. The second-order valence-corrected chi connectivity index (χ2v) is 5.14. The van der Waals surface area contributed by atoms with Gasteiger partial charge in [0.05, 0.1) is 24.7 Å². The van der Waals surface area contributed by atoms with Gasteiger partial charge in [0.2, 0.25) is 0 Å². The maximum Gasteiger partial charge on any atom is 0.311 e. The SMILES string of the molecule is COC(=O)C1CC2(CCN(C)CC2)OC1C. The molecule has 0 aromatic rings. The van der Waals surface area contributed by atoms with Gasteiger partial charge in [0.1, 0.15) is 0 Å². The number of esters is 1. The highest BCUT2D eigenvalue weighted by molar-refractivity contribution is 5.73. The van der Waals surface area contributed by atoms with Crippen molar-refractivity contribution in [2.24, 2.45) is 5.92 Å². The van der Waals surface area contributed by atoms with Crippen LogP contribution in [0.4, 0.5) is 0 Å². The molecule has 2 saturated heterocycles. The summed E-state index contributed by atoms with van der Waals surface area (Å²) in [5.41, 5.74) is -0.0647. The molecule has 0 amide bonds. The Kier molecular flexibility index (Phi) is 3.22. The maximum absolute atomic E-state index is 11.6. The van der Waals surface area contributed by atoms with Gasteiger partial charge in [-0.1, -0.05) is 0 Å². The molecule has 0 aliphatic carbocycles. The van der Waals surface area contributed by atoms with Gasteiger partial charge in [-0.3, -0.25) is 4.79 Å². The Morgan fingerprint density at radius 3 is 2.62 bits per heavy atom. The molecule has 2 unspecified atom stereocenters. The van der Waals surface area contributed by atoms with E-state index in [0.29, 0.717) is 0 Å². The summed E-state index contributed by atoms with van der Waals surface area (Å²) in [6, 6.07) is 0. The van der Waals surface area contributed by atoms with E-state index in [9.17, 15) is 4.79 Å². The minimum atomic E-state index is -0.122. The molecule has 0 aromatic heterocycles. The molecule has 92 valence electrons. The number of ether oxygens (including phenoxy) is 2. The average molecular weight is 227 g/mol. The van der Waals surface area contributed by atoms with Crippen LogP contribution in [0.5, 0.6) is 0 Å². The Hall–Kier alpha value is -0.610. The van der Waals surface area contributed by atoms with Crippen LogP contribution in [0.15, 0.2) is 0 Å².